The second-order valence-electron chi connectivity index (χ2n) is 14.9. The molecule has 0 spiro atoms. The van der Waals surface area contributed by atoms with Gasteiger partial charge in [-0.1, -0.05) is 20.8 Å². The van der Waals surface area contributed by atoms with Gasteiger partial charge in [-0.2, -0.15) is 0 Å². The van der Waals surface area contributed by atoms with Crippen molar-refractivity contribution in [1.82, 2.24) is 15.3 Å². The molecule has 0 saturated heterocycles. The zero-order valence-electron chi connectivity index (χ0n) is 31.6. The second-order valence-corrected chi connectivity index (χ2v) is 19.7. The van der Waals surface area contributed by atoms with Crippen LogP contribution in [-0.4, -0.2) is 32.0 Å². The van der Waals surface area contributed by atoms with Gasteiger partial charge in [-0.3, -0.25) is 0 Å². The van der Waals surface area contributed by atoms with Crippen LogP contribution in [0.3, 0.4) is 0 Å². The van der Waals surface area contributed by atoms with Crippen LogP contribution >= 0.6 is 7.06 Å². The predicted octanol–water partition coefficient (Wildman–Crippen LogP) is 13.8. The predicted molar refractivity (Wildman–Crippen MR) is 210 cm³/mol. The third kappa shape index (κ3) is 23.9. The Morgan fingerprint density at radius 3 is 0.867 bits per heavy atom. The Labute approximate surface area is 285 Å². The number of nitrogens with one attached hydrogen (secondary N) is 3. The van der Waals surface area contributed by atoms with E-state index >= 15 is 0 Å². The van der Waals surface area contributed by atoms with Gasteiger partial charge in [0.1, 0.15) is 0 Å². The zero-order valence-corrected chi connectivity index (χ0v) is 32.5. The van der Waals surface area contributed by atoms with Crippen LogP contribution < -0.4 is 15.3 Å². The third-order valence-corrected chi connectivity index (χ3v) is 15.8. The SMILES string of the molecule is CCCCCCCCCCCCNP1(NCCCCCCCCCCCC)(NCCCCCCCCCCCC)CC=CCC1. The van der Waals surface area contributed by atoms with Crippen LogP contribution in [0.4, 0.5) is 0 Å². The van der Waals surface area contributed by atoms with Gasteiger partial charge in [0.05, 0.1) is 0 Å². The Bertz CT molecular complexity index is 569. The first-order valence-electron chi connectivity index (χ1n) is 21.1. The van der Waals surface area contributed by atoms with Gasteiger partial charge in [0, 0.05) is 0 Å². The molecule has 0 atom stereocenters. The summed E-state index contributed by atoms with van der Waals surface area (Å²) < 4.78 is 0. The molecule has 4 heteroatoms. The average molecular weight is 652 g/mol. The van der Waals surface area contributed by atoms with E-state index in [1.54, 1.807) is 0 Å². The van der Waals surface area contributed by atoms with Crippen LogP contribution in [-0.2, 0) is 0 Å². The summed E-state index contributed by atoms with van der Waals surface area (Å²) in [5.74, 6) is 0. The van der Waals surface area contributed by atoms with Crippen molar-refractivity contribution in [3.05, 3.63) is 12.2 Å². The van der Waals surface area contributed by atoms with Gasteiger partial charge in [-0.05, 0) is 0 Å². The minimum absolute atomic E-state index is 1.18. The number of unbranched alkanes of at least 4 members (excludes halogenated alkanes) is 27. The maximum absolute atomic E-state index is 4.30. The summed E-state index contributed by atoms with van der Waals surface area (Å²) in [4.78, 5) is 0. The van der Waals surface area contributed by atoms with Gasteiger partial charge in [-0.15, -0.1) is 0 Å². The minimum atomic E-state index is -2.35. The van der Waals surface area contributed by atoms with Crippen molar-refractivity contribution in [2.45, 2.75) is 220 Å². The average Bonchev–Trinajstić information content (AvgIpc) is 3.06. The monoisotopic (exact) mass is 652 g/mol. The quantitative estimate of drug-likeness (QED) is 0.0358. The van der Waals surface area contributed by atoms with E-state index in [2.05, 4.69) is 48.2 Å². The molecule has 0 radical (unpaired) electrons. The summed E-state index contributed by atoms with van der Waals surface area (Å²) in [6.45, 7) is 10.5. The van der Waals surface area contributed by atoms with E-state index in [0.29, 0.717) is 0 Å². The molecule has 0 fully saturated rings. The molecule has 0 aromatic heterocycles. The molecule has 0 bridgehead atoms. The molecule has 1 aliphatic heterocycles. The van der Waals surface area contributed by atoms with Gasteiger partial charge in [0.2, 0.25) is 0 Å². The summed E-state index contributed by atoms with van der Waals surface area (Å²) in [7, 11) is -2.35. The van der Waals surface area contributed by atoms with Crippen molar-refractivity contribution in [2.75, 3.05) is 32.0 Å². The van der Waals surface area contributed by atoms with Crippen LogP contribution in [0, 0.1) is 0 Å². The summed E-state index contributed by atoms with van der Waals surface area (Å²) in [5.41, 5.74) is 0. The molecule has 3 N–H and O–H groups in total. The van der Waals surface area contributed by atoms with Crippen LogP contribution in [0.2, 0.25) is 0 Å². The molecule has 0 aromatic rings. The van der Waals surface area contributed by atoms with Crippen molar-refractivity contribution < 1.29 is 0 Å². The number of allylic oxidation sites excluding steroid dienone is 2. The Morgan fingerprint density at radius 1 is 0.356 bits per heavy atom. The van der Waals surface area contributed by atoms with Gasteiger partial charge >= 0.3 is 265 Å². The first kappa shape index (κ1) is 43.1. The molecule has 1 heterocycles. The normalized spacial score (nSPS) is 16.6. The molecule has 0 unspecified atom stereocenters. The molecular weight excluding hydrogens is 565 g/mol. The van der Waals surface area contributed by atoms with E-state index in [1.165, 1.54) is 231 Å². The fraction of sp³-hybridized carbons (Fsp3) is 0.951. The Kier molecular flexibility index (Phi) is 30.0. The molecule has 0 saturated carbocycles. The van der Waals surface area contributed by atoms with Crippen LogP contribution in [0.15, 0.2) is 12.2 Å². The van der Waals surface area contributed by atoms with Crippen molar-refractivity contribution >= 4 is 7.06 Å². The molecule has 45 heavy (non-hydrogen) atoms. The van der Waals surface area contributed by atoms with Crippen molar-refractivity contribution in [3.8, 4) is 0 Å². The number of rotatable bonds is 36. The molecule has 1 aliphatic rings. The van der Waals surface area contributed by atoms with E-state index in [4.69, 9.17) is 0 Å². The fourth-order valence-corrected chi connectivity index (χ4v) is 12.2. The van der Waals surface area contributed by atoms with Gasteiger partial charge in [0.15, 0.2) is 0 Å². The van der Waals surface area contributed by atoms with Crippen molar-refractivity contribution in [3.63, 3.8) is 0 Å². The molecule has 0 aromatic carbocycles. The molecular formula is C41H86N3P. The van der Waals surface area contributed by atoms with Crippen LogP contribution in [0.25, 0.3) is 0 Å². The topological polar surface area (TPSA) is 36.1 Å². The van der Waals surface area contributed by atoms with Crippen LogP contribution in [0.5, 0.6) is 0 Å². The van der Waals surface area contributed by atoms with E-state index in [9.17, 15) is 0 Å². The van der Waals surface area contributed by atoms with Crippen LogP contribution in [0.1, 0.15) is 220 Å². The number of hydrogen-bond donors (Lipinski definition) is 3. The van der Waals surface area contributed by atoms with E-state index in [0.717, 1.165) is 0 Å². The first-order valence-corrected chi connectivity index (χ1v) is 23.7. The standard InChI is InChI=1S/C41H86N3P/c1-4-7-10-13-16-19-22-25-28-32-37-42-45(40-35-31-36-41-45,43-38-33-29-26-23-20-17-14-11-8-5-2)44-39-34-30-27-24-21-18-15-12-9-6-3/h31,35,42-44H,4-30,32-34,36-41H2,1-3H3. The summed E-state index contributed by atoms with van der Waals surface area (Å²) >= 11 is 0. The molecule has 1 rings (SSSR count). The van der Waals surface area contributed by atoms with Gasteiger partial charge in [0.25, 0.3) is 0 Å². The molecule has 270 valence electrons. The summed E-state index contributed by atoms with van der Waals surface area (Å²) in [6, 6.07) is 0. The fourth-order valence-electron chi connectivity index (χ4n) is 7.36. The van der Waals surface area contributed by atoms with Crippen molar-refractivity contribution in [2.24, 2.45) is 0 Å². The van der Waals surface area contributed by atoms with Gasteiger partial charge < -0.3 is 0 Å². The molecule has 3 nitrogen and oxygen atoms in total. The summed E-state index contributed by atoms with van der Waals surface area (Å²) in [6.07, 6.45) is 51.1. The Morgan fingerprint density at radius 2 is 0.622 bits per heavy atom. The maximum atomic E-state index is 4.30. The van der Waals surface area contributed by atoms with E-state index in [1.807, 2.05) is 0 Å². The molecule has 0 aliphatic carbocycles. The van der Waals surface area contributed by atoms with Crippen molar-refractivity contribution in [1.29, 1.82) is 0 Å². The second kappa shape index (κ2) is 31.3. The zero-order chi connectivity index (χ0) is 32.4. The third-order valence-electron chi connectivity index (χ3n) is 10.5. The Hall–Kier alpha value is 0.0500. The first-order chi connectivity index (χ1) is 22.2. The van der Waals surface area contributed by atoms with E-state index in [-0.39, 0.29) is 0 Å². The van der Waals surface area contributed by atoms with Gasteiger partial charge in [-0.25, -0.2) is 0 Å². The summed E-state index contributed by atoms with van der Waals surface area (Å²) in [5, 5.41) is 12.9. The molecule has 0 amide bonds. The number of hydrogen-bond acceptors (Lipinski definition) is 3. The Balaban J connectivity index is 2.47. The van der Waals surface area contributed by atoms with E-state index < -0.39 is 7.06 Å².